The maximum atomic E-state index is 11.9. The van der Waals surface area contributed by atoms with E-state index in [1.165, 1.54) is 0 Å². The molecule has 6 heteroatoms. The fraction of sp³-hybridized carbons (Fsp3) is 0.500. The second-order valence-corrected chi connectivity index (χ2v) is 4.45. The molecular weight excluding hydrogens is 232 g/mol. The largest absolute Gasteiger partial charge is 0.357 e. The molecule has 6 nitrogen and oxygen atoms in total. The second-order valence-electron chi connectivity index (χ2n) is 4.45. The van der Waals surface area contributed by atoms with E-state index in [-0.39, 0.29) is 18.4 Å². The highest BCUT2D eigenvalue weighted by atomic mass is 16.2. The number of piperazine rings is 1. The van der Waals surface area contributed by atoms with Crippen LogP contribution in [0.25, 0.3) is 0 Å². The van der Waals surface area contributed by atoms with Crippen molar-refractivity contribution in [2.75, 3.05) is 39.8 Å². The lowest BCUT2D eigenvalue weighted by molar-refractivity contribution is -0.131. The Morgan fingerprint density at radius 3 is 2.67 bits per heavy atom. The molecule has 1 fully saturated rings. The fourth-order valence-corrected chi connectivity index (χ4v) is 1.89. The molecule has 0 saturated carbocycles. The van der Waals surface area contributed by atoms with Crippen LogP contribution in [-0.2, 0) is 4.79 Å². The molecule has 2 amide bonds. The third-order valence-corrected chi connectivity index (χ3v) is 3.10. The summed E-state index contributed by atoms with van der Waals surface area (Å²) in [6, 6.07) is 3.42. The van der Waals surface area contributed by atoms with E-state index in [9.17, 15) is 9.59 Å². The Bertz CT molecular complexity index is 408. The molecule has 0 atom stereocenters. The number of nitrogens with one attached hydrogen (secondary N) is 2. The molecule has 1 aliphatic rings. The summed E-state index contributed by atoms with van der Waals surface area (Å²) >= 11 is 0. The van der Waals surface area contributed by atoms with Gasteiger partial charge in [-0.2, -0.15) is 0 Å². The predicted octanol–water partition coefficient (Wildman–Crippen LogP) is -0.481. The van der Waals surface area contributed by atoms with Gasteiger partial charge in [-0.3, -0.25) is 9.59 Å². The lowest BCUT2D eigenvalue weighted by Crippen LogP contribution is -2.50. The van der Waals surface area contributed by atoms with E-state index < -0.39 is 0 Å². The molecule has 2 rings (SSSR count). The summed E-state index contributed by atoms with van der Waals surface area (Å²) in [5.74, 6) is -0.273. The average molecular weight is 250 g/mol. The van der Waals surface area contributed by atoms with Gasteiger partial charge in [0.05, 0.1) is 6.54 Å². The van der Waals surface area contributed by atoms with Crippen LogP contribution in [-0.4, -0.2) is 66.4 Å². The number of amides is 2. The standard InChI is InChI=1S/C12H18N4O2/c1-15-5-7-16(8-6-15)11(17)9-14-12(18)10-3-2-4-13-10/h2-4,13H,5-9H2,1H3,(H,14,18). The van der Waals surface area contributed by atoms with Crippen LogP contribution in [0.3, 0.4) is 0 Å². The van der Waals surface area contributed by atoms with Gasteiger partial charge in [0, 0.05) is 32.4 Å². The summed E-state index contributed by atoms with van der Waals surface area (Å²) in [4.78, 5) is 30.3. The van der Waals surface area contributed by atoms with Crippen molar-refractivity contribution < 1.29 is 9.59 Å². The lowest BCUT2D eigenvalue weighted by atomic mass is 10.3. The Hall–Kier alpha value is -1.82. The summed E-state index contributed by atoms with van der Waals surface area (Å²) in [7, 11) is 2.04. The summed E-state index contributed by atoms with van der Waals surface area (Å²) in [6.45, 7) is 3.29. The average Bonchev–Trinajstić information content (AvgIpc) is 2.90. The van der Waals surface area contributed by atoms with E-state index in [4.69, 9.17) is 0 Å². The van der Waals surface area contributed by atoms with Crippen molar-refractivity contribution in [2.24, 2.45) is 0 Å². The highest BCUT2D eigenvalue weighted by Crippen LogP contribution is 1.99. The SMILES string of the molecule is CN1CCN(C(=O)CNC(=O)c2ccc[nH]2)CC1. The normalized spacial score (nSPS) is 16.6. The molecule has 0 radical (unpaired) electrons. The Labute approximate surface area is 106 Å². The third-order valence-electron chi connectivity index (χ3n) is 3.10. The second kappa shape index (κ2) is 5.68. The summed E-state index contributed by atoms with van der Waals surface area (Å²) < 4.78 is 0. The van der Waals surface area contributed by atoms with Gasteiger partial charge in [0.15, 0.2) is 0 Å². The number of rotatable bonds is 3. The highest BCUT2D eigenvalue weighted by molar-refractivity contribution is 5.94. The van der Waals surface area contributed by atoms with Crippen molar-refractivity contribution in [3.63, 3.8) is 0 Å². The summed E-state index contributed by atoms with van der Waals surface area (Å²) in [6.07, 6.45) is 1.68. The zero-order valence-corrected chi connectivity index (χ0v) is 10.5. The first-order valence-electron chi connectivity index (χ1n) is 6.05. The van der Waals surface area contributed by atoms with Crippen LogP contribution < -0.4 is 5.32 Å². The molecule has 1 aromatic heterocycles. The van der Waals surface area contributed by atoms with Gasteiger partial charge in [-0.05, 0) is 19.2 Å². The smallest absolute Gasteiger partial charge is 0.268 e. The number of hydrogen-bond donors (Lipinski definition) is 2. The molecule has 0 aliphatic carbocycles. The Morgan fingerprint density at radius 2 is 2.06 bits per heavy atom. The van der Waals surface area contributed by atoms with Crippen LogP contribution in [0.1, 0.15) is 10.5 Å². The van der Waals surface area contributed by atoms with E-state index >= 15 is 0 Å². The van der Waals surface area contributed by atoms with Crippen molar-refractivity contribution in [3.05, 3.63) is 24.0 Å². The number of likely N-dealkylation sites (N-methyl/N-ethyl adjacent to an activating group) is 1. The van der Waals surface area contributed by atoms with Gasteiger partial charge in [-0.15, -0.1) is 0 Å². The maximum absolute atomic E-state index is 11.9. The molecule has 18 heavy (non-hydrogen) atoms. The van der Waals surface area contributed by atoms with Gasteiger partial charge in [0.1, 0.15) is 5.69 Å². The number of aromatic nitrogens is 1. The van der Waals surface area contributed by atoms with Crippen molar-refractivity contribution in [2.45, 2.75) is 0 Å². The number of nitrogens with zero attached hydrogens (tertiary/aromatic N) is 2. The zero-order chi connectivity index (χ0) is 13.0. The fourth-order valence-electron chi connectivity index (χ4n) is 1.89. The van der Waals surface area contributed by atoms with Crippen molar-refractivity contribution >= 4 is 11.8 Å². The lowest BCUT2D eigenvalue weighted by Gasteiger charge is -2.32. The molecule has 0 unspecified atom stereocenters. The first-order chi connectivity index (χ1) is 8.66. The first-order valence-corrected chi connectivity index (χ1v) is 6.05. The van der Waals surface area contributed by atoms with Gasteiger partial charge in [0.25, 0.3) is 5.91 Å². The van der Waals surface area contributed by atoms with Crippen LogP contribution in [0.4, 0.5) is 0 Å². The van der Waals surface area contributed by atoms with Crippen LogP contribution >= 0.6 is 0 Å². The van der Waals surface area contributed by atoms with Crippen LogP contribution in [0, 0.1) is 0 Å². The van der Waals surface area contributed by atoms with Crippen LogP contribution in [0.15, 0.2) is 18.3 Å². The van der Waals surface area contributed by atoms with Gasteiger partial charge < -0.3 is 20.1 Å². The van der Waals surface area contributed by atoms with E-state index in [1.54, 1.807) is 23.2 Å². The van der Waals surface area contributed by atoms with Gasteiger partial charge in [-0.25, -0.2) is 0 Å². The molecule has 98 valence electrons. The molecule has 2 N–H and O–H groups in total. The van der Waals surface area contributed by atoms with Gasteiger partial charge in [0.2, 0.25) is 5.91 Å². The van der Waals surface area contributed by atoms with Crippen molar-refractivity contribution in [3.8, 4) is 0 Å². The van der Waals surface area contributed by atoms with Gasteiger partial charge >= 0.3 is 0 Å². The molecular formula is C12H18N4O2. The minimum absolute atomic E-state index is 0.0250. The number of H-pyrrole nitrogens is 1. The maximum Gasteiger partial charge on any atom is 0.268 e. The highest BCUT2D eigenvalue weighted by Gasteiger charge is 2.19. The molecule has 0 bridgehead atoms. The number of carbonyl (C=O) groups excluding carboxylic acids is 2. The Balaban J connectivity index is 1.76. The minimum Gasteiger partial charge on any atom is -0.357 e. The molecule has 1 aliphatic heterocycles. The van der Waals surface area contributed by atoms with Crippen molar-refractivity contribution in [1.29, 1.82) is 0 Å². The summed E-state index contributed by atoms with van der Waals surface area (Å²) in [5.41, 5.74) is 0.473. The number of carbonyl (C=O) groups is 2. The quantitative estimate of drug-likeness (QED) is 0.761. The zero-order valence-electron chi connectivity index (χ0n) is 10.5. The van der Waals surface area contributed by atoms with Crippen molar-refractivity contribution in [1.82, 2.24) is 20.1 Å². The molecule has 2 heterocycles. The van der Waals surface area contributed by atoms with E-state index in [0.29, 0.717) is 5.69 Å². The van der Waals surface area contributed by atoms with E-state index in [2.05, 4.69) is 15.2 Å². The first kappa shape index (κ1) is 12.6. The third kappa shape index (κ3) is 3.10. The molecule has 1 saturated heterocycles. The molecule has 0 spiro atoms. The number of hydrogen-bond acceptors (Lipinski definition) is 3. The predicted molar refractivity (Wildman–Crippen MR) is 67.2 cm³/mol. The Kier molecular flexibility index (Phi) is 3.99. The summed E-state index contributed by atoms with van der Waals surface area (Å²) in [5, 5.41) is 2.62. The number of aromatic amines is 1. The monoisotopic (exact) mass is 250 g/mol. The molecule has 0 aromatic carbocycles. The van der Waals surface area contributed by atoms with Crippen LogP contribution in [0.2, 0.25) is 0 Å². The minimum atomic E-state index is -0.248. The topological polar surface area (TPSA) is 68.4 Å². The van der Waals surface area contributed by atoms with E-state index in [0.717, 1.165) is 26.2 Å². The van der Waals surface area contributed by atoms with Gasteiger partial charge in [-0.1, -0.05) is 0 Å². The van der Waals surface area contributed by atoms with Crippen LogP contribution in [0.5, 0.6) is 0 Å². The van der Waals surface area contributed by atoms with E-state index in [1.807, 2.05) is 7.05 Å². The Morgan fingerprint density at radius 1 is 1.33 bits per heavy atom. The molecule has 1 aromatic rings.